The molecule has 1 saturated heterocycles. The van der Waals surface area contributed by atoms with Crippen LogP contribution in [0.25, 0.3) is 10.9 Å². The second-order valence-electron chi connectivity index (χ2n) is 8.94. The molecule has 5 nitrogen and oxygen atoms in total. The van der Waals surface area contributed by atoms with Crippen molar-refractivity contribution < 1.29 is 18.7 Å². The van der Waals surface area contributed by atoms with E-state index in [2.05, 4.69) is 4.98 Å². The van der Waals surface area contributed by atoms with Gasteiger partial charge in [0, 0.05) is 36.6 Å². The van der Waals surface area contributed by atoms with E-state index in [-0.39, 0.29) is 17.8 Å². The van der Waals surface area contributed by atoms with Crippen LogP contribution in [0.1, 0.15) is 57.9 Å². The quantitative estimate of drug-likeness (QED) is 0.758. The van der Waals surface area contributed by atoms with Crippen LogP contribution in [0.5, 0.6) is 0 Å². The van der Waals surface area contributed by atoms with E-state index in [0.29, 0.717) is 32.0 Å². The lowest BCUT2D eigenvalue weighted by Crippen LogP contribution is -2.39. The predicted octanol–water partition coefficient (Wildman–Crippen LogP) is 4.76. The second kappa shape index (κ2) is 8.44. The van der Waals surface area contributed by atoms with Crippen LogP contribution in [-0.4, -0.2) is 40.8 Å². The highest BCUT2D eigenvalue weighted by Gasteiger charge is 2.35. The van der Waals surface area contributed by atoms with Crippen molar-refractivity contribution in [3.05, 3.63) is 35.8 Å². The van der Waals surface area contributed by atoms with Crippen molar-refractivity contribution in [2.45, 2.75) is 70.8 Å². The number of carbonyl (C=O) groups excluding carboxylic acids is 1. The van der Waals surface area contributed by atoms with Gasteiger partial charge < -0.3 is 19.4 Å². The number of ether oxygens (including phenoxy) is 2. The molecule has 2 aliphatic rings. The van der Waals surface area contributed by atoms with Gasteiger partial charge >= 0.3 is 0 Å². The lowest BCUT2D eigenvalue weighted by Gasteiger charge is -2.29. The molecular formula is C23H31FN2O3. The maximum Gasteiger partial charge on any atom is 0.223 e. The zero-order chi connectivity index (χ0) is 20.4. The number of nitrogens with zero attached hydrogens (tertiary/aromatic N) is 1. The molecule has 1 saturated carbocycles. The third-order valence-corrected chi connectivity index (χ3v) is 6.12. The summed E-state index contributed by atoms with van der Waals surface area (Å²) in [4.78, 5) is 18.3. The van der Waals surface area contributed by atoms with Crippen molar-refractivity contribution in [3.63, 3.8) is 0 Å². The molecule has 2 heterocycles. The van der Waals surface area contributed by atoms with Gasteiger partial charge in [0.15, 0.2) is 5.79 Å². The predicted molar refractivity (Wildman–Crippen MR) is 110 cm³/mol. The molecule has 2 aromatic rings. The number of aromatic nitrogens is 1. The number of amides is 1. The first-order valence-electron chi connectivity index (χ1n) is 10.7. The van der Waals surface area contributed by atoms with Crippen molar-refractivity contribution in [1.29, 1.82) is 0 Å². The molecule has 0 radical (unpaired) electrons. The average molecular weight is 403 g/mol. The van der Waals surface area contributed by atoms with E-state index in [0.717, 1.165) is 29.3 Å². The summed E-state index contributed by atoms with van der Waals surface area (Å²) in [6.07, 6.45) is 8.27. The summed E-state index contributed by atoms with van der Waals surface area (Å²) in [6.45, 7) is 5.18. The summed E-state index contributed by atoms with van der Waals surface area (Å²) in [7, 11) is 0. The lowest BCUT2D eigenvalue weighted by molar-refractivity contribution is -0.147. The molecule has 1 aromatic heterocycles. The fourth-order valence-electron chi connectivity index (χ4n) is 4.61. The number of rotatable bonds is 6. The summed E-state index contributed by atoms with van der Waals surface area (Å²) >= 11 is 0. The summed E-state index contributed by atoms with van der Waals surface area (Å²) in [5.41, 5.74) is 1.80. The average Bonchev–Trinajstić information content (AvgIpc) is 3.24. The highest BCUT2D eigenvalue weighted by molar-refractivity contribution is 5.84. The third-order valence-electron chi connectivity index (χ3n) is 6.12. The first kappa shape index (κ1) is 20.4. The van der Waals surface area contributed by atoms with Crippen LogP contribution < -0.4 is 0 Å². The Hall–Kier alpha value is -1.92. The van der Waals surface area contributed by atoms with Crippen LogP contribution in [0.4, 0.5) is 4.39 Å². The number of nitrogens with one attached hydrogen (secondary N) is 1. The molecule has 0 unspecified atom stereocenters. The lowest BCUT2D eigenvalue weighted by atomic mass is 9.86. The van der Waals surface area contributed by atoms with E-state index in [1.807, 2.05) is 24.9 Å². The van der Waals surface area contributed by atoms with Crippen molar-refractivity contribution in [2.75, 3.05) is 13.2 Å². The number of halogens is 1. The fraction of sp³-hybridized carbons (Fsp3) is 0.609. The first-order valence-corrected chi connectivity index (χ1v) is 10.7. The molecule has 1 aliphatic heterocycles. The molecule has 4 rings (SSSR count). The van der Waals surface area contributed by atoms with Crippen LogP contribution in [0.3, 0.4) is 0 Å². The van der Waals surface area contributed by atoms with E-state index < -0.39 is 5.79 Å². The number of hydrogen-bond acceptors (Lipinski definition) is 3. The molecule has 1 N–H and O–H groups in total. The van der Waals surface area contributed by atoms with Crippen LogP contribution in [0, 0.1) is 11.7 Å². The second-order valence-corrected chi connectivity index (χ2v) is 8.94. The number of benzene rings is 1. The van der Waals surface area contributed by atoms with E-state index >= 15 is 0 Å². The molecule has 29 heavy (non-hydrogen) atoms. The Bertz CT molecular complexity index is 857. The molecule has 0 bridgehead atoms. The summed E-state index contributed by atoms with van der Waals surface area (Å²) in [5.74, 6) is -0.271. The van der Waals surface area contributed by atoms with Gasteiger partial charge in [-0.15, -0.1) is 0 Å². The van der Waals surface area contributed by atoms with E-state index in [1.54, 1.807) is 6.07 Å². The Balaban J connectivity index is 1.51. The van der Waals surface area contributed by atoms with Gasteiger partial charge in [-0.05, 0) is 56.4 Å². The number of aromatic amines is 1. The van der Waals surface area contributed by atoms with Crippen molar-refractivity contribution in [1.82, 2.24) is 9.88 Å². The van der Waals surface area contributed by atoms with E-state index in [1.165, 1.54) is 31.4 Å². The molecule has 158 valence electrons. The Morgan fingerprint density at radius 3 is 2.79 bits per heavy atom. The number of fused-ring (bicyclic) bond motifs is 1. The third kappa shape index (κ3) is 4.98. The molecule has 1 atom stereocenters. The maximum atomic E-state index is 13.8. The molecule has 2 fully saturated rings. The van der Waals surface area contributed by atoms with Crippen LogP contribution in [-0.2, 0) is 20.8 Å². The minimum absolute atomic E-state index is 0.149. The maximum absolute atomic E-state index is 13.8. The van der Waals surface area contributed by atoms with Gasteiger partial charge in [0.05, 0.1) is 6.61 Å². The van der Waals surface area contributed by atoms with Crippen LogP contribution >= 0.6 is 0 Å². The van der Waals surface area contributed by atoms with Gasteiger partial charge in [0.2, 0.25) is 5.91 Å². The smallest absolute Gasteiger partial charge is 0.223 e. The molecule has 6 heteroatoms. The molecule has 1 amide bonds. The molecular weight excluding hydrogens is 371 g/mol. The topological polar surface area (TPSA) is 54.6 Å². The van der Waals surface area contributed by atoms with Crippen LogP contribution in [0.2, 0.25) is 0 Å². The zero-order valence-electron chi connectivity index (χ0n) is 17.4. The number of hydrogen-bond donors (Lipinski definition) is 1. The molecule has 0 spiro atoms. The number of H-pyrrole nitrogens is 1. The minimum Gasteiger partial charge on any atom is -0.361 e. The fourth-order valence-corrected chi connectivity index (χ4v) is 4.61. The Morgan fingerprint density at radius 2 is 2.07 bits per heavy atom. The number of carbonyl (C=O) groups is 1. The summed E-state index contributed by atoms with van der Waals surface area (Å²) in [5, 5.41) is 0.824. The highest BCUT2D eigenvalue weighted by atomic mass is 19.1. The van der Waals surface area contributed by atoms with Crippen molar-refractivity contribution in [2.24, 2.45) is 5.92 Å². The molecule has 1 aliphatic carbocycles. The Morgan fingerprint density at radius 1 is 1.28 bits per heavy atom. The largest absolute Gasteiger partial charge is 0.361 e. The van der Waals surface area contributed by atoms with Crippen molar-refractivity contribution in [3.8, 4) is 0 Å². The molecule has 1 aromatic carbocycles. The SMILES string of the molecule is CC1(C)OC[C@H](CN(Cc2c[nH]c3ccc(F)cc23)C(=O)CC2CCCCC2)O1. The van der Waals surface area contributed by atoms with Gasteiger partial charge in [-0.1, -0.05) is 19.3 Å². The van der Waals surface area contributed by atoms with Gasteiger partial charge in [0.25, 0.3) is 0 Å². The monoisotopic (exact) mass is 402 g/mol. The first-order chi connectivity index (χ1) is 13.9. The standard InChI is InChI=1S/C23H31FN2O3/c1-23(2)28-15-19(29-23)14-26(22(27)10-16-6-4-3-5-7-16)13-17-12-25-21-9-8-18(24)11-20(17)21/h8-9,11-12,16,19,25H,3-7,10,13-15H2,1-2H3/t19-/m0/s1. The van der Waals surface area contributed by atoms with E-state index in [4.69, 9.17) is 9.47 Å². The normalized spacial score (nSPS) is 22.2. The van der Waals surface area contributed by atoms with Gasteiger partial charge in [-0.3, -0.25) is 4.79 Å². The Kier molecular flexibility index (Phi) is 5.93. The zero-order valence-corrected chi connectivity index (χ0v) is 17.4. The summed E-state index contributed by atoms with van der Waals surface area (Å²) < 4.78 is 25.4. The van der Waals surface area contributed by atoms with Gasteiger partial charge in [0.1, 0.15) is 11.9 Å². The minimum atomic E-state index is -0.618. The van der Waals surface area contributed by atoms with Gasteiger partial charge in [-0.25, -0.2) is 4.39 Å². The van der Waals surface area contributed by atoms with Crippen molar-refractivity contribution >= 4 is 16.8 Å². The summed E-state index contributed by atoms with van der Waals surface area (Å²) in [6, 6.07) is 4.71. The van der Waals surface area contributed by atoms with Crippen LogP contribution in [0.15, 0.2) is 24.4 Å². The van der Waals surface area contributed by atoms with Gasteiger partial charge in [-0.2, -0.15) is 0 Å². The highest BCUT2D eigenvalue weighted by Crippen LogP contribution is 2.29. The van der Waals surface area contributed by atoms with E-state index in [9.17, 15) is 9.18 Å². The Labute approximate surface area is 171 Å².